The quantitative estimate of drug-likeness (QED) is 0.734. The fraction of sp³-hybridized carbons (Fsp3) is 0.267. The highest BCUT2D eigenvalue weighted by molar-refractivity contribution is 7.17. The van der Waals surface area contributed by atoms with Gasteiger partial charge in [-0.15, -0.1) is 11.3 Å². The molecule has 0 saturated heterocycles. The normalized spacial score (nSPS) is 14.7. The van der Waals surface area contributed by atoms with Crippen molar-refractivity contribution in [1.82, 2.24) is 9.78 Å². The van der Waals surface area contributed by atoms with Crippen LogP contribution in [0.3, 0.4) is 0 Å². The van der Waals surface area contributed by atoms with Crippen LogP contribution >= 0.6 is 11.3 Å². The fourth-order valence-corrected chi connectivity index (χ4v) is 3.70. The number of hydrogen-bond donors (Lipinski definition) is 1. The molecule has 3 nitrogen and oxygen atoms in total. The van der Waals surface area contributed by atoms with Crippen LogP contribution in [-0.4, -0.2) is 9.78 Å². The van der Waals surface area contributed by atoms with Gasteiger partial charge >= 0.3 is 0 Å². The first kappa shape index (κ1) is 11.1. The van der Waals surface area contributed by atoms with Crippen LogP contribution in [0.2, 0.25) is 0 Å². The van der Waals surface area contributed by atoms with Gasteiger partial charge in [-0.1, -0.05) is 0 Å². The summed E-state index contributed by atoms with van der Waals surface area (Å²) < 4.78 is 3.36. The molecule has 2 aromatic heterocycles. The van der Waals surface area contributed by atoms with E-state index >= 15 is 0 Å². The molecule has 0 radical (unpaired) electrons. The largest absolute Gasteiger partial charge is 0.382 e. The fourth-order valence-electron chi connectivity index (χ4n) is 2.93. The van der Waals surface area contributed by atoms with Crippen LogP contribution in [0.15, 0.2) is 29.6 Å². The summed E-state index contributed by atoms with van der Waals surface area (Å²) in [5, 5.41) is 7.96. The minimum atomic E-state index is 0.708. The lowest BCUT2D eigenvalue weighted by atomic mass is 9.97. The molecule has 0 bridgehead atoms. The van der Waals surface area contributed by atoms with Crippen LogP contribution in [0.5, 0.6) is 0 Å². The van der Waals surface area contributed by atoms with E-state index in [9.17, 15) is 0 Å². The molecule has 4 rings (SSSR count). The minimum absolute atomic E-state index is 0.708. The van der Waals surface area contributed by atoms with Crippen molar-refractivity contribution in [2.24, 2.45) is 0 Å². The van der Waals surface area contributed by atoms with Crippen LogP contribution in [0, 0.1) is 0 Å². The topological polar surface area (TPSA) is 43.8 Å². The van der Waals surface area contributed by atoms with Crippen LogP contribution in [0.4, 0.5) is 5.82 Å². The summed E-state index contributed by atoms with van der Waals surface area (Å²) >= 11 is 1.77. The number of benzene rings is 1. The van der Waals surface area contributed by atoms with Crippen molar-refractivity contribution in [3.63, 3.8) is 0 Å². The summed E-state index contributed by atoms with van der Waals surface area (Å²) in [6, 6.07) is 8.67. The molecule has 0 amide bonds. The molecule has 4 heteroatoms. The van der Waals surface area contributed by atoms with Crippen molar-refractivity contribution in [1.29, 1.82) is 0 Å². The number of nitrogens with two attached hydrogens (primary N) is 1. The van der Waals surface area contributed by atoms with Crippen molar-refractivity contribution >= 4 is 27.2 Å². The molecule has 0 spiro atoms. The van der Waals surface area contributed by atoms with Crippen molar-refractivity contribution in [3.8, 4) is 5.69 Å². The average Bonchev–Trinajstić information content (AvgIpc) is 3.03. The maximum atomic E-state index is 6.06. The Morgan fingerprint density at radius 2 is 2.05 bits per heavy atom. The van der Waals surface area contributed by atoms with E-state index in [2.05, 4.69) is 34.7 Å². The third kappa shape index (κ3) is 1.67. The maximum Gasteiger partial charge on any atom is 0.149 e. The molecule has 2 heterocycles. The molecule has 19 heavy (non-hydrogen) atoms. The molecule has 0 atom stereocenters. The molecule has 1 aliphatic rings. The molecule has 2 N–H and O–H groups in total. The SMILES string of the molecule is Nc1nn(-c2ccc3sccc3c2)c2c1CCCC2. The van der Waals surface area contributed by atoms with Gasteiger partial charge in [0, 0.05) is 16.0 Å². The van der Waals surface area contributed by atoms with Crippen molar-refractivity contribution < 1.29 is 0 Å². The van der Waals surface area contributed by atoms with Crippen molar-refractivity contribution in [2.45, 2.75) is 25.7 Å². The zero-order valence-corrected chi connectivity index (χ0v) is 11.4. The lowest BCUT2D eigenvalue weighted by Crippen LogP contribution is -2.07. The second-order valence-electron chi connectivity index (χ2n) is 5.07. The van der Waals surface area contributed by atoms with Gasteiger partial charge in [0.2, 0.25) is 0 Å². The lowest BCUT2D eigenvalue weighted by molar-refractivity contribution is 0.653. The van der Waals surface area contributed by atoms with Gasteiger partial charge in [0.25, 0.3) is 0 Å². The Bertz CT molecular complexity index is 754. The van der Waals surface area contributed by atoms with Crippen LogP contribution in [0.1, 0.15) is 24.1 Å². The second-order valence-corrected chi connectivity index (χ2v) is 6.02. The Labute approximate surface area is 115 Å². The minimum Gasteiger partial charge on any atom is -0.382 e. The molecular weight excluding hydrogens is 254 g/mol. The Kier molecular flexibility index (Phi) is 2.38. The lowest BCUT2D eigenvalue weighted by Gasteiger charge is -2.13. The molecule has 96 valence electrons. The molecular formula is C15H15N3S. The van der Waals surface area contributed by atoms with Gasteiger partial charge in [-0.3, -0.25) is 0 Å². The Morgan fingerprint density at radius 3 is 3.00 bits per heavy atom. The predicted molar refractivity (Wildman–Crippen MR) is 80.0 cm³/mol. The highest BCUT2D eigenvalue weighted by Crippen LogP contribution is 2.30. The first-order valence-corrected chi connectivity index (χ1v) is 7.55. The van der Waals surface area contributed by atoms with Gasteiger partial charge in [-0.2, -0.15) is 5.10 Å². The summed E-state index contributed by atoms with van der Waals surface area (Å²) in [5.74, 6) is 0.708. The Balaban J connectivity index is 1.91. The summed E-state index contributed by atoms with van der Waals surface area (Å²) in [6.07, 6.45) is 4.62. The van der Waals surface area contributed by atoms with Crippen molar-refractivity contribution in [2.75, 3.05) is 5.73 Å². The van der Waals surface area contributed by atoms with Crippen LogP contribution in [-0.2, 0) is 12.8 Å². The van der Waals surface area contributed by atoms with Gasteiger partial charge in [-0.25, -0.2) is 4.68 Å². The van der Waals surface area contributed by atoms with E-state index in [1.165, 1.54) is 34.2 Å². The van der Waals surface area contributed by atoms with Crippen molar-refractivity contribution in [3.05, 3.63) is 40.9 Å². The second kappa shape index (κ2) is 4.10. The molecule has 0 aliphatic heterocycles. The summed E-state index contributed by atoms with van der Waals surface area (Å²) in [7, 11) is 0. The number of rotatable bonds is 1. The number of anilines is 1. The Morgan fingerprint density at radius 1 is 1.16 bits per heavy atom. The van der Waals surface area contributed by atoms with E-state index < -0.39 is 0 Å². The number of aromatic nitrogens is 2. The van der Waals surface area contributed by atoms with Gasteiger partial charge in [-0.05, 0) is 60.7 Å². The van der Waals surface area contributed by atoms with Gasteiger partial charge in [0.1, 0.15) is 5.82 Å². The van der Waals surface area contributed by atoms with Crippen LogP contribution in [0.25, 0.3) is 15.8 Å². The number of hydrogen-bond acceptors (Lipinski definition) is 3. The number of nitrogen functional groups attached to an aromatic ring is 1. The summed E-state index contributed by atoms with van der Waals surface area (Å²) in [5.41, 5.74) is 9.75. The molecule has 0 unspecified atom stereocenters. The first-order valence-electron chi connectivity index (χ1n) is 6.67. The average molecular weight is 269 g/mol. The van der Waals surface area contributed by atoms with Gasteiger partial charge in [0.05, 0.1) is 5.69 Å². The van der Waals surface area contributed by atoms with E-state index in [4.69, 9.17) is 5.73 Å². The van der Waals surface area contributed by atoms with E-state index in [1.54, 1.807) is 11.3 Å². The van der Waals surface area contributed by atoms with E-state index in [0.29, 0.717) is 5.82 Å². The van der Waals surface area contributed by atoms with E-state index in [0.717, 1.165) is 18.5 Å². The van der Waals surface area contributed by atoms with Gasteiger partial charge in [0.15, 0.2) is 0 Å². The molecule has 1 aromatic carbocycles. The summed E-state index contributed by atoms with van der Waals surface area (Å²) in [6.45, 7) is 0. The summed E-state index contributed by atoms with van der Waals surface area (Å²) in [4.78, 5) is 0. The molecule has 1 aliphatic carbocycles. The smallest absolute Gasteiger partial charge is 0.149 e. The third-order valence-electron chi connectivity index (χ3n) is 3.89. The highest BCUT2D eigenvalue weighted by Gasteiger charge is 2.20. The number of fused-ring (bicyclic) bond motifs is 2. The van der Waals surface area contributed by atoms with E-state index in [-0.39, 0.29) is 0 Å². The highest BCUT2D eigenvalue weighted by atomic mass is 32.1. The standard InChI is InChI=1S/C15H15N3S/c16-15-12-3-1-2-4-13(12)18(17-15)11-5-6-14-10(9-11)7-8-19-14/h5-9H,1-4H2,(H2,16,17). The monoisotopic (exact) mass is 269 g/mol. The van der Waals surface area contributed by atoms with Gasteiger partial charge < -0.3 is 5.73 Å². The first-order chi connectivity index (χ1) is 9.33. The molecule has 0 fully saturated rings. The van der Waals surface area contributed by atoms with Crippen LogP contribution < -0.4 is 5.73 Å². The molecule has 0 saturated carbocycles. The van der Waals surface area contributed by atoms with E-state index in [1.807, 2.05) is 4.68 Å². The Hall–Kier alpha value is -1.81. The number of thiophene rings is 1. The molecule has 3 aromatic rings. The zero-order valence-electron chi connectivity index (χ0n) is 10.6. The third-order valence-corrected chi connectivity index (χ3v) is 4.79. The zero-order chi connectivity index (χ0) is 12.8. The maximum absolute atomic E-state index is 6.06. The number of nitrogens with zero attached hydrogens (tertiary/aromatic N) is 2. The predicted octanol–water partition coefficient (Wildman–Crippen LogP) is 3.55.